The number of phenols is 1. The van der Waals surface area contributed by atoms with Crippen molar-refractivity contribution in [2.75, 3.05) is 0 Å². The minimum Gasteiger partial charge on any atom is -0.508 e. The summed E-state index contributed by atoms with van der Waals surface area (Å²) in [5, 5.41) is 26.4. The fourth-order valence-corrected chi connectivity index (χ4v) is 2.99. The molecule has 27 heavy (non-hydrogen) atoms. The maximum absolute atomic E-state index is 9.57. The molecule has 1 aromatic carbocycles. The maximum atomic E-state index is 9.57. The van der Waals surface area contributed by atoms with Gasteiger partial charge < -0.3 is 15.4 Å². The molecule has 7 heteroatoms. The van der Waals surface area contributed by atoms with Crippen molar-refractivity contribution in [2.45, 2.75) is 47.5 Å². The van der Waals surface area contributed by atoms with E-state index in [2.05, 4.69) is 12.1 Å². The molecule has 3 aromatic rings. The number of nitrogens with zero attached hydrogens (tertiary/aromatic N) is 3. The molecule has 0 amide bonds. The Hall–Kier alpha value is -3.09. The quantitative estimate of drug-likeness (QED) is 0.462. The molecule has 4 N–H and O–H groups in total. The fourth-order valence-electron chi connectivity index (χ4n) is 2.99. The number of aromatic hydroxyl groups is 1. The van der Waals surface area contributed by atoms with Crippen LogP contribution in [0.15, 0.2) is 28.8 Å². The maximum Gasteiger partial charge on any atom is 0.143 e. The third-order valence-electron chi connectivity index (χ3n) is 4.08. The second kappa shape index (κ2) is 8.53. The van der Waals surface area contributed by atoms with Crippen molar-refractivity contribution in [3.63, 3.8) is 0 Å². The zero-order chi connectivity index (χ0) is 20.1. The average Bonchev–Trinajstić information content (AvgIpc) is 3.17. The number of amidine groups is 1. The van der Waals surface area contributed by atoms with E-state index in [0.717, 1.165) is 23.4 Å². The molecule has 0 aliphatic rings. The predicted molar refractivity (Wildman–Crippen MR) is 107 cm³/mol. The SMILES string of the molecule is CC.CCCc1nn(-c2ccc(O)cc2)c(-c2c(C)noc2C)c1C(=N)N. The van der Waals surface area contributed by atoms with Crippen molar-refractivity contribution < 1.29 is 9.63 Å². The van der Waals surface area contributed by atoms with Gasteiger partial charge in [0.1, 0.15) is 17.3 Å². The summed E-state index contributed by atoms with van der Waals surface area (Å²) >= 11 is 0. The smallest absolute Gasteiger partial charge is 0.143 e. The first-order valence-corrected chi connectivity index (χ1v) is 9.13. The summed E-state index contributed by atoms with van der Waals surface area (Å²) in [4.78, 5) is 0. The van der Waals surface area contributed by atoms with Crippen LogP contribution in [0.1, 0.15) is 49.9 Å². The highest BCUT2D eigenvalue weighted by Gasteiger charge is 2.26. The molecule has 0 saturated heterocycles. The lowest BCUT2D eigenvalue weighted by Crippen LogP contribution is -2.14. The molecule has 2 heterocycles. The largest absolute Gasteiger partial charge is 0.508 e. The molecular weight excluding hydrogens is 342 g/mol. The summed E-state index contributed by atoms with van der Waals surface area (Å²) in [6.45, 7) is 9.73. The summed E-state index contributed by atoms with van der Waals surface area (Å²) in [6, 6.07) is 6.73. The van der Waals surface area contributed by atoms with Gasteiger partial charge in [-0.25, -0.2) is 4.68 Å². The number of nitrogen functional groups attached to an aromatic ring is 1. The lowest BCUT2D eigenvalue weighted by molar-refractivity contribution is 0.393. The average molecular weight is 369 g/mol. The van der Waals surface area contributed by atoms with Gasteiger partial charge in [-0.1, -0.05) is 32.3 Å². The van der Waals surface area contributed by atoms with Crippen LogP contribution in [0.25, 0.3) is 16.9 Å². The van der Waals surface area contributed by atoms with E-state index in [-0.39, 0.29) is 11.6 Å². The summed E-state index contributed by atoms with van der Waals surface area (Å²) in [5.41, 5.74) is 10.2. The molecule has 0 spiro atoms. The van der Waals surface area contributed by atoms with Gasteiger partial charge >= 0.3 is 0 Å². The summed E-state index contributed by atoms with van der Waals surface area (Å²) in [7, 11) is 0. The first kappa shape index (κ1) is 20.2. The number of rotatable bonds is 5. The van der Waals surface area contributed by atoms with Gasteiger partial charge in [0, 0.05) is 0 Å². The molecule has 2 aromatic heterocycles. The van der Waals surface area contributed by atoms with E-state index in [1.54, 1.807) is 28.9 Å². The van der Waals surface area contributed by atoms with Gasteiger partial charge in [-0.05, 0) is 44.5 Å². The standard InChI is InChI=1S/C18H21N5O2.C2H6/c1-4-5-14-16(18(19)20)17(15-10(2)22-25-11(15)3)23(21-14)12-6-8-13(24)9-7-12;1-2/h6-9,24H,4-5H2,1-3H3,(H3,19,20);1-2H3. The van der Waals surface area contributed by atoms with E-state index < -0.39 is 0 Å². The fraction of sp³-hybridized carbons (Fsp3) is 0.350. The normalized spacial score (nSPS) is 10.4. The van der Waals surface area contributed by atoms with Gasteiger partial charge in [0.25, 0.3) is 0 Å². The van der Waals surface area contributed by atoms with Crippen molar-refractivity contribution in [2.24, 2.45) is 5.73 Å². The highest BCUT2D eigenvalue weighted by Crippen LogP contribution is 2.34. The predicted octanol–water partition coefficient (Wildman–Crippen LogP) is 4.11. The Morgan fingerprint density at radius 1 is 1.22 bits per heavy atom. The molecule has 0 bridgehead atoms. The first-order valence-electron chi connectivity index (χ1n) is 9.13. The van der Waals surface area contributed by atoms with Crippen molar-refractivity contribution in [3.8, 4) is 22.7 Å². The van der Waals surface area contributed by atoms with Crippen molar-refractivity contribution in [1.82, 2.24) is 14.9 Å². The molecule has 0 aliphatic heterocycles. The molecule has 7 nitrogen and oxygen atoms in total. The van der Waals surface area contributed by atoms with Crippen LogP contribution in [0.4, 0.5) is 0 Å². The molecule has 144 valence electrons. The number of hydrogen-bond acceptors (Lipinski definition) is 5. The summed E-state index contributed by atoms with van der Waals surface area (Å²) < 4.78 is 7.06. The van der Waals surface area contributed by atoms with E-state index in [9.17, 15) is 5.11 Å². The Bertz CT molecular complexity index is 903. The van der Waals surface area contributed by atoms with E-state index in [4.69, 9.17) is 20.8 Å². The Balaban J connectivity index is 0.00000126. The number of aryl methyl sites for hydroxylation is 3. The van der Waals surface area contributed by atoms with Gasteiger partial charge in [0.2, 0.25) is 0 Å². The Labute approximate surface area is 159 Å². The van der Waals surface area contributed by atoms with E-state index in [1.807, 2.05) is 27.7 Å². The van der Waals surface area contributed by atoms with Crippen LogP contribution in [0.3, 0.4) is 0 Å². The molecule has 0 radical (unpaired) electrons. The van der Waals surface area contributed by atoms with Crippen molar-refractivity contribution in [3.05, 3.63) is 47.0 Å². The molecule has 0 aliphatic carbocycles. The molecule has 0 atom stereocenters. The zero-order valence-corrected chi connectivity index (χ0v) is 16.5. The van der Waals surface area contributed by atoms with Gasteiger partial charge in [0.05, 0.1) is 33.9 Å². The minimum atomic E-state index is -0.0384. The lowest BCUT2D eigenvalue weighted by atomic mass is 10.0. The van der Waals surface area contributed by atoms with Gasteiger partial charge in [0.15, 0.2) is 0 Å². The first-order chi connectivity index (χ1) is 12.9. The molecule has 0 saturated carbocycles. The van der Waals surface area contributed by atoms with Gasteiger partial charge in [-0.15, -0.1) is 0 Å². The number of nitrogens with one attached hydrogen (secondary N) is 1. The van der Waals surface area contributed by atoms with Crippen LogP contribution in [0.5, 0.6) is 5.75 Å². The number of aromatic nitrogens is 3. The summed E-state index contributed by atoms with van der Waals surface area (Å²) in [5.74, 6) is 0.779. The zero-order valence-electron chi connectivity index (χ0n) is 16.5. The number of phenolic OH excluding ortho intramolecular Hbond substituents is 1. The monoisotopic (exact) mass is 369 g/mol. The van der Waals surface area contributed by atoms with Crippen LogP contribution in [-0.4, -0.2) is 25.9 Å². The third kappa shape index (κ3) is 3.86. The van der Waals surface area contributed by atoms with Crippen LogP contribution < -0.4 is 5.73 Å². The lowest BCUT2D eigenvalue weighted by Gasteiger charge is -2.09. The Morgan fingerprint density at radius 3 is 2.33 bits per heavy atom. The van der Waals surface area contributed by atoms with Crippen LogP contribution in [0.2, 0.25) is 0 Å². The van der Waals surface area contributed by atoms with E-state index in [0.29, 0.717) is 29.1 Å². The van der Waals surface area contributed by atoms with Crippen LogP contribution >= 0.6 is 0 Å². The van der Waals surface area contributed by atoms with Crippen LogP contribution in [0, 0.1) is 19.3 Å². The van der Waals surface area contributed by atoms with Gasteiger partial charge in [-0.2, -0.15) is 5.10 Å². The van der Waals surface area contributed by atoms with Crippen molar-refractivity contribution >= 4 is 5.84 Å². The molecular formula is C20H27N5O2. The topological polar surface area (TPSA) is 114 Å². The Kier molecular flexibility index (Phi) is 6.39. The second-order valence-corrected chi connectivity index (χ2v) is 5.96. The highest BCUT2D eigenvalue weighted by molar-refractivity contribution is 6.02. The van der Waals surface area contributed by atoms with Crippen LogP contribution in [-0.2, 0) is 6.42 Å². The third-order valence-corrected chi connectivity index (χ3v) is 4.08. The highest BCUT2D eigenvalue weighted by atomic mass is 16.5. The number of hydrogen-bond donors (Lipinski definition) is 3. The number of nitrogens with two attached hydrogens (primary N) is 1. The number of benzene rings is 1. The van der Waals surface area contributed by atoms with E-state index >= 15 is 0 Å². The molecule has 0 fully saturated rings. The van der Waals surface area contributed by atoms with E-state index in [1.165, 1.54) is 0 Å². The van der Waals surface area contributed by atoms with Crippen molar-refractivity contribution in [1.29, 1.82) is 5.41 Å². The summed E-state index contributed by atoms with van der Waals surface area (Å²) in [6.07, 6.45) is 1.59. The van der Waals surface area contributed by atoms with Gasteiger partial charge in [-0.3, -0.25) is 5.41 Å². The molecule has 3 rings (SSSR count). The Morgan fingerprint density at radius 2 is 1.85 bits per heavy atom. The molecule has 0 unspecified atom stereocenters. The minimum absolute atomic E-state index is 0.0384. The second-order valence-electron chi connectivity index (χ2n) is 5.96.